The first-order chi connectivity index (χ1) is 11.0. The fraction of sp³-hybridized carbons (Fsp3) is 0.300. The third-order valence-corrected chi connectivity index (χ3v) is 4.37. The first-order valence-electron chi connectivity index (χ1n) is 7.81. The molecule has 4 aliphatic rings. The number of aromatic nitrogens is 1. The summed E-state index contributed by atoms with van der Waals surface area (Å²) < 4.78 is 0. The summed E-state index contributed by atoms with van der Waals surface area (Å²) in [5.41, 5.74) is 0.861. The quantitative estimate of drug-likeness (QED) is 0.293. The Bertz CT molecular complexity index is 663. The molecule has 1 saturated carbocycles. The Balaban J connectivity index is 0.000000227. The molecule has 5 rings (SSSR count). The van der Waals surface area contributed by atoms with Gasteiger partial charge in [-0.05, 0) is 43.7 Å². The summed E-state index contributed by atoms with van der Waals surface area (Å²) in [6.45, 7) is 2.85. The number of allylic oxidation sites excluding steroid dienone is 8. The second-order valence-electron chi connectivity index (χ2n) is 6.24. The summed E-state index contributed by atoms with van der Waals surface area (Å²) in [7, 11) is 0. The molecule has 1 heterocycles. The van der Waals surface area contributed by atoms with Crippen molar-refractivity contribution in [2.45, 2.75) is 19.3 Å². The minimum atomic E-state index is -0.209. The number of hydrogen-bond donors (Lipinski definition) is 1. The van der Waals surface area contributed by atoms with Crippen LogP contribution in [0.5, 0.6) is 0 Å². The van der Waals surface area contributed by atoms with E-state index in [4.69, 9.17) is 5.11 Å². The predicted octanol–water partition coefficient (Wildman–Crippen LogP) is 3.72. The molecule has 2 atom stereocenters. The largest absolute Gasteiger partial charge is 0.512 e. The maximum Gasteiger partial charge on any atom is 0.155 e. The van der Waals surface area contributed by atoms with Crippen molar-refractivity contribution < 1.29 is 30.0 Å². The van der Waals surface area contributed by atoms with E-state index in [0.29, 0.717) is 5.92 Å². The van der Waals surface area contributed by atoms with Crippen LogP contribution >= 0.6 is 0 Å². The SMILES string of the molecule is CC(=O)/C=C(/C)O.[C-]1=CC2C3C=CC1(c1ccccn1)C=CC23.[Ir]. The summed E-state index contributed by atoms with van der Waals surface area (Å²) in [4.78, 5) is 14.5. The van der Waals surface area contributed by atoms with Gasteiger partial charge in [-0.25, -0.2) is 0 Å². The molecule has 127 valence electrons. The molecule has 1 radical (unpaired) electrons. The van der Waals surface area contributed by atoms with E-state index in [1.54, 1.807) is 0 Å². The summed E-state index contributed by atoms with van der Waals surface area (Å²) in [6, 6.07) is 6.08. The molecule has 1 fully saturated rings. The van der Waals surface area contributed by atoms with Crippen molar-refractivity contribution in [1.29, 1.82) is 0 Å². The Hall–Kier alpha value is -1.77. The molecule has 0 saturated heterocycles. The number of rotatable bonds is 2. The van der Waals surface area contributed by atoms with Crippen molar-refractivity contribution in [3.8, 4) is 0 Å². The predicted molar refractivity (Wildman–Crippen MR) is 89.5 cm³/mol. The fourth-order valence-corrected chi connectivity index (χ4v) is 3.18. The molecule has 0 amide bonds. The average Bonchev–Trinajstić information content (AvgIpc) is 3.26. The van der Waals surface area contributed by atoms with Crippen molar-refractivity contribution in [2.75, 3.05) is 0 Å². The molecule has 1 aromatic rings. The number of hydrogen-bond acceptors (Lipinski definition) is 3. The Labute approximate surface area is 156 Å². The third kappa shape index (κ3) is 3.82. The van der Waals surface area contributed by atoms with Crippen LogP contribution in [0.4, 0.5) is 0 Å². The topological polar surface area (TPSA) is 50.2 Å². The van der Waals surface area contributed by atoms with Gasteiger partial charge in [-0.2, -0.15) is 0 Å². The Morgan fingerprint density at radius 3 is 2.33 bits per heavy atom. The van der Waals surface area contributed by atoms with Crippen molar-refractivity contribution in [3.05, 3.63) is 78.4 Å². The van der Waals surface area contributed by atoms with Gasteiger partial charge in [0.1, 0.15) is 0 Å². The van der Waals surface area contributed by atoms with Gasteiger partial charge in [0.25, 0.3) is 0 Å². The number of nitrogens with zero attached hydrogens (tertiary/aromatic N) is 1. The van der Waals surface area contributed by atoms with Crippen LogP contribution in [0.3, 0.4) is 0 Å². The van der Waals surface area contributed by atoms with Gasteiger partial charge >= 0.3 is 0 Å². The summed E-state index contributed by atoms with van der Waals surface area (Å²) in [6.07, 6.45) is 18.0. The fourth-order valence-electron chi connectivity index (χ4n) is 3.18. The third-order valence-electron chi connectivity index (χ3n) is 4.37. The van der Waals surface area contributed by atoms with Crippen molar-refractivity contribution in [2.24, 2.45) is 17.8 Å². The molecule has 0 aliphatic heterocycles. The van der Waals surface area contributed by atoms with E-state index >= 15 is 0 Å². The molecule has 3 nitrogen and oxygen atoms in total. The average molecular weight is 499 g/mol. The minimum Gasteiger partial charge on any atom is -0.512 e. The molecular weight excluding hydrogens is 478 g/mol. The zero-order valence-corrected chi connectivity index (χ0v) is 16.0. The van der Waals surface area contributed by atoms with Crippen LogP contribution in [0, 0.1) is 23.8 Å². The maximum absolute atomic E-state index is 10.0. The van der Waals surface area contributed by atoms with Gasteiger partial charge in [0.2, 0.25) is 0 Å². The summed E-state index contributed by atoms with van der Waals surface area (Å²) in [5.74, 6) is 2.07. The minimum absolute atomic E-state index is 0. The molecule has 0 aromatic carbocycles. The molecule has 4 bridgehead atoms. The van der Waals surface area contributed by atoms with E-state index in [0.717, 1.165) is 17.5 Å². The Morgan fingerprint density at radius 1 is 1.21 bits per heavy atom. The smallest absolute Gasteiger partial charge is 0.155 e. The second-order valence-corrected chi connectivity index (χ2v) is 6.24. The van der Waals surface area contributed by atoms with Crippen molar-refractivity contribution >= 4 is 5.78 Å². The van der Waals surface area contributed by atoms with Crippen LogP contribution in [0.15, 0.2) is 66.6 Å². The Morgan fingerprint density at radius 2 is 1.88 bits per heavy atom. The molecule has 0 spiro atoms. The van der Waals surface area contributed by atoms with E-state index < -0.39 is 0 Å². The van der Waals surface area contributed by atoms with Gasteiger partial charge in [0, 0.05) is 38.1 Å². The Kier molecular flexibility index (Phi) is 5.74. The van der Waals surface area contributed by atoms with Gasteiger partial charge in [0.05, 0.1) is 5.76 Å². The van der Waals surface area contributed by atoms with Crippen LogP contribution in [0.25, 0.3) is 0 Å². The molecule has 1 aromatic heterocycles. The maximum atomic E-state index is 10.0. The van der Waals surface area contributed by atoms with Gasteiger partial charge in [-0.1, -0.05) is 23.6 Å². The van der Waals surface area contributed by atoms with E-state index in [1.807, 2.05) is 18.3 Å². The molecule has 1 N–H and O–H groups in total. The number of aliphatic hydroxyl groups excluding tert-OH is 1. The van der Waals surface area contributed by atoms with E-state index in [9.17, 15) is 4.79 Å². The normalized spacial score (nSPS) is 31.2. The number of ketones is 1. The van der Waals surface area contributed by atoms with E-state index in [2.05, 4.69) is 47.5 Å². The number of pyridine rings is 1. The summed E-state index contributed by atoms with van der Waals surface area (Å²) >= 11 is 0. The zero-order valence-electron chi connectivity index (χ0n) is 13.6. The second kappa shape index (κ2) is 7.41. The van der Waals surface area contributed by atoms with Gasteiger partial charge < -0.3 is 11.2 Å². The monoisotopic (exact) mass is 499 g/mol. The van der Waals surface area contributed by atoms with Crippen molar-refractivity contribution in [3.63, 3.8) is 0 Å². The number of aliphatic hydroxyl groups is 1. The molecule has 4 aliphatic carbocycles. The van der Waals surface area contributed by atoms with Gasteiger partial charge in [-0.15, -0.1) is 12.2 Å². The van der Waals surface area contributed by atoms with Crippen LogP contribution in [-0.4, -0.2) is 15.9 Å². The van der Waals surface area contributed by atoms with E-state index in [-0.39, 0.29) is 37.1 Å². The van der Waals surface area contributed by atoms with Crippen LogP contribution in [0.1, 0.15) is 19.5 Å². The van der Waals surface area contributed by atoms with Gasteiger partial charge in [-0.3, -0.25) is 15.9 Å². The zero-order chi connectivity index (χ0) is 16.4. The first kappa shape index (κ1) is 18.6. The van der Waals surface area contributed by atoms with Crippen LogP contribution in [0.2, 0.25) is 0 Å². The number of carbonyl (C=O) groups excluding carboxylic acids is 1. The van der Waals surface area contributed by atoms with Gasteiger partial charge in [0.15, 0.2) is 5.78 Å². The molecule has 24 heavy (non-hydrogen) atoms. The van der Waals surface area contributed by atoms with Crippen LogP contribution < -0.4 is 0 Å². The number of carbonyl (C=O) groups is 1. The first-order valence-corrected chi connectivity index (χ1v) is 7.81. The molecule has 4 heteroatoms. The standard InChI is InChI=1S/C15H12N.C5H8O2.Ir/c1-2-10-16-14(3-1)15-7-4-11-12(5-8-15)13(11)6-9-15;1-4(6)3-5(2)7;/h1-8,10-13H;3,6H,1-2H3;/q-1;;/b;4-3-;. The van der Waals surface area contributed by atoms with Crippen molar-refractivity contribution in [1.82, 2.24) is 4.98 Å². The molecular formula is C20H20IrNO2-. The molecule has 2 unspecified atom stereocenters. The van der Waals surface area contributed by atoms with Crippen LogP contribution in [-0.2, 0) is 30.3 Å². The van der Waals surface area contributed by atoms with E-state index in [1.165, 1.54) is 19.9 Å². The summed E-state index contributed by atoms with van der Waals surface area (Å²) in [5, 5.41) is 8.36.